The number of urea groups is 1. The lowest BCUT2D eigenvalue weighted by Gasteiger charge is -2.36. The SMILES string of the molecule is NC1CCN(Cc2ccc(-n3ccc(NC(=O)N4C[C@@H](N)NC[C@H]4N)nc3=O)cc2)CC1. The fourth-order valence-electron chi connectivity index (χ4n) is 4.01. The van der Waals surface area contributed by atoms with Gasteiger partial charge in [0.05, 0.1) is 24.6 Å². The number of nitrogens with two attached hydrogens (primary N) is 3. The van der Waals surface area contributed by atoms with Gasteiger partial charge in [0.15, 0.2) is 0 Å². The Morgan fingerprint density at radius 1 is 1.12 bits per heavy atom. The molecule has 4 rings (SSSR count). The molecule has 3 heterocycles. The number of amides is 2. The summed E-state index contributed by atoms with van der Waals surface area (Å²) in [4.78, 5) is 32.9. The number of rotatable bonds is 4. The molecular formula is C21H31N9O2. The molecule has 0 saturated carbocycles. The summed E-state index contributed by atoms with van der Waals surface area (Å²) in [5, 5.41) is 5.62. The lowest BCUT2D eigenvalue weighted by molar-refractivity contribution is 0.154. The van der Waals surface area contributed by atoms with Crippen LogP contribution in [0.2, 0.25) is 0 Å². The van der Waals surface area contributed by atoms with Crippen LogP contribution in [-0.4, -0.2) is 69.9 Å². The predicted molar refractivity (Wildman–Crippen MR) is 122 cm³/mol. The number of nitrogens with zero attached hydrogens (tertiary/aromatic N) is 4. The van der Waals surface area contributed by atoms with Gasteiger partial charge in [-0.05, 0) is 49.7 Å². The van der Waals surface area contributed by atoms with E-state index in [1.807, 2.05) is 24.3 Å². The molecule has 0 unspecified atom stereocenters. The van der Waals surface area contributed by atoms with Gasteiger partial charge in [-0.15, -0.1) is 0 Å². The van der Waals surface area contributed by atoms with Crippen LogP contribution in [0.4, 0.5) is 10.6 Å². The molecule has 2 fully saturated rings. The number of benzene rings is 1. The van der Waals surface area contributed by atoms with Crippen molar-refractivity contribution in [3.63, 3.8) is 0 Å². The van der Waals surface area contributed by atoms with E-state index >= 15 is 0 Å². The second-order valence-electron chi connectivity index (χ2n) is 8.41. The number of hydrogen-bond donors (Lipinski definition) is 5. The van der Waals surface area contributed by atoms with Gasteiger partial charge in [-0.3, -0.25) is 20.1 Å². The molecule has 2 aliphatic heterocycles. The third kappa shape index (κ3) is 5.31. The molecule has 2 aliphatic rings. The highest BCUT2D eigenvalue weighted by Crippen LogP contribution is 2.15. The van der Waals surface area contributed by atoms with Gasteiger partial charge in [-0.1, -0.05) is 12.1 Å². The van der Waals surface area contributed by atoms with Crippen molar-refractivity contribution in [1.82, 2.24) is 24.7 Å². The highest BCUT2D eigenvalue weighted by molar-refractivity contribution is 5.88. The zero-order valence-electron chi connectivity index (χ0n) is 18.0. The lowest BCUT2D eigenvalue weighted by Crippen LogP contribution is -2.64. The van der Waals surface area contributed by atoms with Gasteiger partial charge in [0.25, 0.3) is 0 Å². The number of piperazine rings is 1. The molecule has 2 aromatic rings. The first-order valence-corrected chi connectivity index (χ1v) is 10.9. The van der Waals surface area contributed by atoms with Crippen molar-refractivity contribution in [3.8, 4) is 5.69 Å². The number of anilines is 1. The maximum atomic E-state index is 12.6. The van der Waals surface area contributed by atoms with E-state index in [1.165, 1.54) is 15.0 Å². The summed E-state index contributed by atoms with van der Waals surface area (Å²) in [6.45, 7) is 3.53. The lowest BCUT2D eigenvalue weighted by atomic mass is 10.1. The van der Waals surface area contributed by atoms with Crippen LogP contribution in [0.1, 0.15) is 18.4 Å². The third-order valence-electron chi connectivity index (χ3n) is 5.94. The van der Waals surface area contributed by atoms with Gasteiger partial charge in [-0.25, -0.2) is 9.59 Å². The number of carbonyl (C=O) groups excluding carboxylic acids is 1. The Balaban J connectivity index is 1.39. The Labute approximate surface area is 186 Å². The van der Waals surface area contributed by atoms with Crippen molar-refractivity contribution in [2.75, 3.05) is 31.5 Å². The highest BCUT2D eigenvalue weighted by Gasteiger charge is 2.27. The van der Waals surface area contributed by atoms with Crippen LogP contribution in [0.3, 0.4) is 0 Å². The van der Waals surface area contributed by atoms with Crippen molar-refractivity contribution in [2.24, 2.45) is 17.2 Å². The van der Waals surface area contributed by atoms with E-state index in [1.54, 1.807) is 12.3 Å². The first kappa shape index (κ1) is 22.4. The Morgan fingerprint density at radius 3 is 2.53 bits per heavy atom. The monoisotopic (exact) mass is 441 g/mol. The average molecular weight is 442 g/mol. The molecule has 172 valence electrons. The summed E-state index contributed by atoms with van der Waals surface area (Å²) in [6.07, 6.45) is 2.78. The molecule has 0 aliphatic carbocycles. The number of likely N-dealkylation sites (tertiary alicyclic amines) is 1. The molecule has 11 heteroatoms. The number of aromatic nitrogens is 2. The maximum absolute atomic E-state index is 12.6. The van der Waals surface area contributed by atoms with Crippen LogP contribution in [0, 0.1) is 0 Å². The fraction of sp³-hybridized carbons (Fsp3) is 0.476. The minimum absolute atomic E-state index is 0.162. The van der Waals surface area contributed by atoms with E-state index in [0.29, 0.717) is 18.3 Å². The molecule has 32 heavy (non-hydrogen) atoms. The van der Waals surface area contributed by atoms with Gasteiger partial charge < -0.3 is 22.1 Å². The molecule has 8 N–H and O–H groups in total. The number of carbonyl (C=O) groups is 1. The molecule has 1 aromatic heterocycles. The van der Waals surface area contributed by atoms with E-state index < -0.39 is 17.9 Å². The summed E-state index contributed by atoms with van der Waals surface area (Å²) in [5.74, 6) is 0.162. The zero-order valence-corrected chi connectivity index (χ0v) is 18.0. The molecule has 2 atom stereocenters. The Hall–Kier alpha value is -2.83. The van der Waals surface area contributed by atoms with Crippen LogP contribution in [0.15, 0.2) is 41.3 Å². The van der Waals surface area contributed by atoms with Crippen LogP contribution < -0.4 is 33.5 Å². The summed E-state index contributed by atoms with van der Waals surface area (Å²) >= 11 is 0. The van der Waals surface area contributed by atoms with E-state index in [9.17, 15) is 9.59 Å². The van der Waals surface area contributed by atoms with Crippen LogP contribution in [-0.2, 0) is 6.54 Å². The van der Waals surface area contributed by atoms with Gasteiger partial charge >= 0.3 is 11.7 Å². The minimum atomic E-state index is -0.504. The van der Waals surface area contributed by atoms with Gasteiger partial charge in [0.1, 0.15) is 5.82 Å². The van der Waals surface area contributed by atoms with E-state index in [2.05, 4.69) is 20.5 Å². The third-order valence-corrected chi connectivity index (χ3v) is 5.94. The van der Waals surface area contributed by atoms with Crippen molar-refractivity contribution in [1.29, 1.82) is 0 Å². The standard InChI is InChI=1S/C21H31N9O2/c22-15-5-8-28(9-6-15)12-14-1-3-16(4-2-14)29-10-7-19(26-20(29)31)27-21(32)30-13-17(23)25-11-18(30)24/h1-4,7,10,15,17-18,25H,5-6,8-9,11-13,22-24H2,(H,26,27,31,32)/t17-,18-/m0/s1. The molecule has 0 spiro atoms. The molecule has 1 aromatic carbocycles. The molecule has 11 nitrogen and oxygen atoms in total. The van der Waals surface area contributed by atoms with Crippen LogP contribution in [0.25, 0.3) is 5.69 Å². The summed E-state index contributed by atoms with van der Waals surface area (Å²) < 4.78 is 1.44. The molecule has 0 radical (unpaired) electrons. The number of hydrogen-bond acceptors (Lipinski definition) is 8. The fourth-order valence-corrected chi connectivity index (χ4v) is 4.01. The number of piperidine rings is 1. The smallest absolute Gasteiger partial charge is 0.328 e. The van der Waals surface area contributed by atoms with Crippen molar-refractivity contribution in [2.45, 2.75) is 37.8 Å². The summed E-state index contributed by atoms with van der Waals surface area (Å²) in [6, 6.07) is 9.27. The van der Waals surface area contributed by atoms with Gasteiger partial charge in [0, 0.05) is 25.3 Å². The Morgan fingerprint density at radius 2 is 1.84 bits per heavy atom. The van der Waals surface area contributed by atoms with Crippen molar-refractivity contribution < 1.29 is 4.79 Å². The topological polar surface area (TPSA) is 161 Å². The quantitative estimate of drug-likeness (QED) is 0.410. The predicted octanol–water partition coefficient (Wildman–Crippen LogP) is -0.838. The Kier molecular flexibility index (Phi) is 6.82. The molecular weight excluding hydrogens is 410 g/mol. The molecule has 2 saturated heterocycles. The second-order valence-corrected chi connectivity index (χ2v) is 8.41. The first-order chi connectivity index (χ1) is 15.4. The maximum Gasteiger partial charge on any atom is 0.354 e. The average Bonchev–Trinajstić information content (AvgIpc) is 2.78. The van der Waals surface area contributed by atoms with Crippen LogP contribution >= 0.6 is 0 Å². The van der Waals surface area contributed by atoms with Crippen LogP contribution in [0.5, 0.6) is 0 Å². The van der Waals surface area contributed by atoms with Gasteiger partial charge in [-0.2, -0.15) is 4.98 Å². The second kappa shape index (κ2) is 9.76. The largest absolute Gasteiger partial charge is 0.354 e. The van der Waals surface area contributed by atoms with E-state index in [0.717, 1.165) is 32.5 Å². The van der Waals surface area contributed by atoms with Gasteiger partial charge in [0.2, 0.25) is 0 Å². The zero-order chi connectivity index (χ0) is 22.7. The first-order valence-electron chi connectivity index (χ1n) is 10.9. The van der Waals surface area contributed by atoms with E-state index in [-0.39, 0.29) is 18.5 Å². The number of nitrogens with one attached hydrogen (secondary N) is 2. The summed E-state index contributed by atoms with van der Waals surface area (Å²) in [7, 11) is 0. The van der Waals surface area contributed by atoms with Crippen molar-refractivity contribution >= 4 is 11.8 Å². The van der Waals surface area contributed by atoms with E-state index in [4.69, 9.17) is 17.2 Å². The molecule has 2 amide bonds. The molecule has 0 bridgehead atoms. The minimum Gasteiger partial charge on any atom is -0.328 e. The van der Waals surface area contributed by atoms with Crippen molar-refractivity contribution in [3.05, 3.63) is 52.6 Å². The Bertz CT molecular complexity index is 986. The highest BCUT2D eigenvalue weighted by atomic mass is 16.2. The normalized spacial score (nSPS) is 22.7. The summed E-state index contributed by atoms with van der Waals surface area (Å²) in [5.41, 5.74) is 19.2.